The normalized spacial score (nSPS) is 25.2. The molecule has 0 aromatic carbocycles. The number of alkyl halides is 2. The van der Waals surface area contributed by atoms with Crippen LogP contribution in [0.3, 0.4) is 0 Å². The molecule has 0 radical (unpaired) electrons. The fraction of sp³-hybridized carbons (Fsp3) is 0.850. The minimum absolute atomic E-state index is 0.158. The van der Waals surface area contributed by atoms with Gasteiger partial charge in [-0.25, -0.2) is 13.6 Å². The molecule has 1 atom stereocenters. The molecule has 1 spiro atoms. The summed E-state index contributed by atoms with van der Waals surface area (Å²) in [5.41, 5.74) is -1.38. The van der Waals surface area contributed by atoms with Crippen LogP contribution in [0.1, 0.15) is 65.7 Å². The summed E-state index contributed by atoms with van der Waals surface area (Å²) in [6.07, 6.45) is 2.39. The van der Waals surface area contributed by atoms with Crippen molar-refractivity contribution >= 4 is 12.0 Å². The van der Waals surface area contributed by atoms with Gasteiger partial charge in [-0.1, -0.05) is 0 Å². The first-order chi connectivity index (χ1) is 13.9. The Kier molecular flexibility index (Phi) is 6.00. The molecule has 2 N–H and O–H groups in total. The van der Waals surface area contributed by atoms with Crippen LogP contribution >= 0.6 is 0 Å². The molecule has 2 amide bonds. The number of hydrogen-bond donors (Lipinski definition) is 2. The van der Waals surface area contributed by atoms with E-state index < -0.39 is 35.9 Å². The van der Waals surface area contributed by atoms with Gasteiger partial charge in [0, 0.05) is 19.5 Å². The predicted octanol–water partition coefficient (Wildman–Crippen LogP) is 2.64. The summed E-state index contributed by atoms with van der Waals surface area (Å²) < 4.78 is 33.3. The standard InChI is InChI=1S/C20H30F2N4O4/c1-17(2)4-7-20(30-17)8-10-26(11-9-20)29-16(28)24-14(12-18(3,21)22)15(27)25-19(13-23)5-6-19/h14H,4-12H2,1-3H3,(H,24,28)(H,25,27)/t14-/m0/s1. The number of ether oxygens (including phenoxy) is 1. The Morgan fingerprint density at radius 1 is 1.20 bits per heavy atom. The van der Waals surface area contributed by atoms with Crippen LogP contribution in [0.4, 0.5) is 13.6 Å². The van der Waals surface area contributed by atoms with Crippen molar-refractivity contribution in [1.29, 1.82) is 5.26 Å². The van der Waals surface area contributed by atoms with E-state index >= 15 is 0 Å². The van der Waals surface area contributed by atoms with Gasteiger partial charge in [-0.3, -0.25) is 4.79 Å². The summed E-state index contributed by atoms with van der Waals surface area (Å²) in [4.78, 5) is 29.9. The van der Waals surface area contributed by atoms with Crippen molar-refractivity contribution in [2.75, 3.05) is 13.1 Å². The summed E-state index contributed by atoms with van der Waals surface area (Å²) >= 11 is 0. The second-order valence-electron chi connectivity index (χ2n) is 9.51. The van der Waals surface area contributed by atoms with Gasteiger partial charge >= 0.3 is 6.09 Å². The van der Waals surface area contributed by atoms with E-state index in [2.05, 4.69) is 24.5 Å². The average molecular weight is 428 g/mol. The number of rotatable bonds is 6. The van der Waals surface area contributed by atoms with Crippen molar-refractivity contribution in [2.45, 2.75) is 94.4 Å². The third-order valence-electron chi connectivity index (χ3n) is 6.02. The summed E-state index contributed by atoms with van der Waals surface area (Å²) in [7, 11) is 0. The van der Waals surface area contributed by atoms with Crippen LogP contribution in [0.2, 0.25) is 0 Å². The Morgan fingerprint density at radius 2 is 1.83 bits per heavy atom. The van der Waals surface area contributed by atoms with Crippen LogP contribution < -0.4 is 10.6 Å². The second-order valence-corrected chi connectivity index (χ2v) is 9.51. The fourth-order valence-corrected chi connectivity index (χ4v) is 4.12. The maximum absolute atomic E-state index is 13.5. The van der Waals surface area contributed by atoms with Crippen molar-refractivity contribution < 1.29 is 27.9 Å². The van der Waals surface area contributed by atoms with Crippen molar-refractivity contribution in [1.82, 2.24) is 15.7 Å². The Morgan fingerprint density at radius 3 is 2.30 bits per heavy atom. The molecule has 0 bridgehead atoms. The fourth-order valence-electron chi connectivity index (χ4n) is 4.12. The monoisotopic (exact) mass is 428 g/mol. The zero-order chi connectivity index (χ0) is 22.2. The molecule has 168 valence electrons. The Hall–Kier alpha value is -1.99. The number of nitrogens with zero attached hydrogens (tertiary/aromatic N) is 2. The summed E-state index contributed by atoms with van der Waals surface area (Å²) in [5.74, 6) is -3.99. The van der Waals surface area contributed by atoms with E-state index in [9.17, 15) is 18.4 Å². The molecule has 0 aromatic rings. The quantitative estimate of drug-likeness (QED) is 0.674. The van der Waals surface area contributed by atoms with Crippen LogP contribution in [0.25, 0.3) is 0 Å². The maximum atomic E-state index is 13.5. The van der Waals surface area contributed by atoms with Gasteiger partial charge in [0.1, 0.15) is 11.6 Å². The number of halogens is 2. The van der Waals surface area contributed by atoms with Crippen LogP contribution in [0, 0.1) is 11.3 Å². The van der Waals surface area contributed by atoms with Gasteiger partial charge in [0.2, 0.25) is 11.8 Å². The molecule has 3 rings (SSSR count). The molecular weight excluding hydrogens is 398 g/mol. The van der Waals surface area contributed by atoms with E-state index in [-0.39, 0.29) is 11.2 Å². The van der Waals surface area contributed by atoms with Crippen molar-refractivity contribution in [3.8, 4) is 6.07 Å². The van der Waals surface area contributed by atoms with E-state index in [4.69, 9.17) is 14.8 Å². The van der Waals surface area contributed by atoms with Crippen LogP contribution in [-0.4, -0.2) is 58.9 Å². The van der Waals surface area contributed by atoms with E-state index in [0.717, 1.165) is 12.8 Å². The first-order valence-electron chi connectivity index (χ1n) is 10.4. The SMILES string of the molecule is CC(F)(F)C[C@H](NC(=O)ON1CCC2(CC1)CCC(C)(C)O2)C(=O)NC1(C#N)CC1. The van der Waals surface area contributed by atoms with E-state index in [0.29, 0.717) is 45.7 Å². The molecule has 3 aliphatic rings. The molecule has 0 aromatic heterocycles. The zero-order valence-electron chi connectivity index (χ0n) is 17.7. The minimum Gasteiger partial charge on any atom is -0.369 e. The van der Waals surface area contributed by atoms with Crippen molar-refractivity contribution in [3.63, 3.8) is 0 Å². The molecule has 3 fully saturated rings. The second kappa shape index (κ2) is 7.93. The lowest BCUT2D eigenvalue weighted by Crippen LogP contribution is -2.53. The lowest BCUT2D eigenvalue weighted by Gasteiger charge is -2.39. The highest BCUT2D eigenvalue weighted by Crippen LogP contribution is 2.43. The van der Waals surface area contributed by atoms with Crippen LogP contribution in [-0.2, 0) is 14.4 Å². The summed E-state index contributed by atoms with van der Waals surface area (Å²) in [6, 6.07) is 0.465. The first-order valence-corrected chi connectivity index (χ1v) is 10.4. The highest BCUT2D eigenvalue weighted by Gasteiger charge is 2.48. The number of hydrogen-bond acceptors (Lipinski definition) is 6. The number of carbonyl (C=O) groups excluding carboxylic acids is 2. The predicted molar refractivity (Wildman–Crippen MR) is 102 cm³/mol. The summed E-state index contributed by atoms with van der Waals surface area (Å²) in [6.45, 7) is 5.71. The van der Waals surface area contributed by atoms with Gasteiger partial charge in [-0.15, -0.1) is 5.06 Å². The topological polar surface area (TPSA) is 104 Å². The average Bonchev–Trinajstić information content (AvgIpc) is 3.33. The number of nitrogens with one attached hydrogen (secondary N) is 2. The number of carbonyl (C=O) groups is 2. The highest BCUT2D eigenvalue weighted by molar-refractivity contribution is 5.86. The number of amides is 2. The number of hydroxylamine groups is 2. The maximum Gasteiger partial charge on any atom is 0.426 e. The minimum atomic E-state index is -3.18. The Bertz CT molecular complexity index is 719. The van der Waals surface area contributed by atoms with Gasteiger partial charge in [0.15, 0.2) is 0 Å². The molecule has 10 heteroatoms. The van der Waals surface area contributed by atoms with E-state index in [1.54, 1.807) is 0 Å². The largest absolute Gasteiger partial charge is 0.426 e. The zero-order valence-corrected chi connectivity index (χ0v) is 17.7. The third kappa shape index (κ3) is 5.79. The third-order valence-corrected chi connectivity index (χ3v) is 6.02. The van der Waals surface area contributed by atoms with Crippen LogP contribution in [0.15, 0.2) is 0 Å². The molecule has 30 heavy (non-hydrogen) atoms. The Labute approximate surface area is 175 Å². The van der Waals surface area contributed by atoms with Gasteiger partial charge in [-0.05, 0) is 59.3 Å². The smallest absolute Gasteiger partial charge is 0.369 e. The molecule has 0 unspecified atom stereocenters. The number of nitriles is 1. The molecule has 2 saturated heterocycles. The molecule has 8 nitrogen and oxygen atoms in total. The lowest BCUT2D eigenvalue weighted by molar-refractivity contribution is -0.173. The Balaban J connectivity index is 1.52. The van der Waals surface area contributed by atoms with Crippen molar-refractivity contribution in [3.05, 3.63) is 0 Å². The van der Waals surface area contributed by atoms with Gasteiger partial charge in [-0.2, -0.15) is 5.26 Å². The molecule has 1 aliphatic carbocycles. The van der Waals surface area contributed by atoms with Gasteiger partial charge < -0.3 is 20.2 Å². The summed E-state index contributed by atoms with van der Waals surface area (Å²) in [5, 5.41) is 15.2. The van der Waals surface area contributed by atoms with Gasteiger partial charge in [0.05, 0.1) is 17.3 Å². The number of piperidine rings is 1. The van der Waals surface area contributed by atoms with Crippen molar-refractivity contribution in [2.24, 2.45) is 0 Å². The molecule has 2 heterocycles. The molecule has 1 saturated carbocycles. The lowest BCUT2D eigenvalue weighted by atomic mass is 9.89. The molecular formula is C20H30F2N4O4. The van der Waals surface area contributed by atoms with E-state index in [1.165, 1.54) is 5.06 Å². The highest BCUT2D eigenvalue weighted by atomic mass is 19.3. The van der Waals surface area contributed by atoms with Gasteiger partial charge in [0.25, 0.3) is 0 Å². The first kappa shape index (κ1) is 22.7. The van der Waals surface area contributed by atoms with Crippen LogP contribution in [0.5, 0.6) is 0 Å². The molecule has 2 aliphatic heterocycles. The van der Waals surface area contributed by atoms with E-state index in [1.807, 2.05) is 6.07 Å².